The van der Waals surface area contributed by atoms with Gasteiger partial charge in [0.05, 0.1) is 23.6 Å². The zero-order chi connectivity index (χ0) is 23.1. The summed E-state index contributed by atoms with van der Waals surface area (Å²) in [5, 5.41) is 5.45. The lowest BCUT2D eigenvalue weighted by atomic mass is 10.1. The molecule has 0 amide bonds. The quantitative estimate of drug-likeness (QED) is 0.338. The van der Waals surface area contributed by atoms with E-state index in [2.05, 4.69) is 15.1 Å². The molecule has 34 heavy (non-hydrogen) atoms. The minimum absolute atomic E-state index is 0.0306. The van der Waals surface area contributed by atoms with E-state index in [9.17, 15) is 8.78 Å². The van der Waals surface area contributed by atoms with E-state index in [4.69, 9.17) is 9.15 Å². The van der Waals surface area contributed by atoms with E-state index >= 15 is 0 Å². The standard InChI is InChI=1S/C26H20F2N4O2/c27-19-8-6-17(7-9-19)24-20(14-32(31-24)22-10-11-33-15-21(22)28)25-29-13-18-12-23(34-26(18)30-25)16-4-2-1-3-5-16/h1-9,12-14,21-22H,10-11,15H2/t21-,22+/m0/s1. The Bertz CT molecular complexity index is 1450. The van der Waals surface area contributed by atoms with Crippen molar-refractivity contribution in [2.24, 2.45) is 0 Å². The summed E-state index contributed by atoms with van der Waals surface area (Å²) in [6.45, 7) is 0.492. The molecule has 0 N–H and O–H groups in total. The Morgan fingerprint density at radius 1 is 1.00 bits per heavy atom. The lowest BCUT2D eigenvalue weighted by Crippen LogP contribution is -2.31. The van der Waals surface area contributed by atoms with E-state index in [1.54, 1.807) is 29.2 Å². The first-order valence-electron chi connectivity index (χ1n) is 11.0. The third-order valence-electron chi connectivity index (χ3n) is 6.01. The Morgan fingerprint density at radius 2 is 1.82 bits per heavy atom. The number of alkyl halides is 1. The number of rotatable bonds is 4. The molecule has 4 heterocycles. The fraction of sp³-hybridized carbons (Fsp3) is 0.192. The Kier molecular flexibility index (Phi) is 5.15. The van der Waals surface area contributed by atoms with Crippen LogP contribution < -0.4 is 0 Å². The molecule has 0 radical (unpaired) electrons. The van der Waals surface area contributed by atoms with Crippen LogP contribution in [0.1, 0.15) is 12.5 Å². The summed E-state index contributed by atoms with van der Waals surface area (Å²) in [4.78, 5) is 9.20. The van der Waals surface area contributed by atoms with Crippen LogP contribution in [0.4, 0.5) is 8.78 Å². The molecule has 0 saturated carbocycles. The summed E-state index contributed by atoms with van der Waals surface area (Å²) in [5.41, 5.74) is 3.23. The van der Waals surface area contributed by atoms with Crippen molar-refractivity contribution in [1.82, 2.24) is 19.7 Å². The molecule has 0 bridgehead atoms. The highest BCUT2D eigenvalue weighted by Crippen LogP contribution is 2.34. The van der Waals surface area contributed by atoms with Gasteiger partial charge in [0.2, 0.25) is 5.71 Å². The van der Waals surface area contributed by atoms with Crippen LogP contribution in [-0.2, 0) is 4.74 Å². The second-order valence-electron chi connectivity index (χ2n) is 8.26. The molecule has 8 heteroatoms. The molecule has 6 nitrogen and oxygen atoms in total. The maximum Gasteiger partial charge on any atom is 0.230 e. The summed E-state index contributed by atoms with van der Waals surface area (Å²) in [7, 11) is 0. The number of hydrogen-bond donors (Lipinski definition) is 0. The molecule has 3 aromatic heterocycles. The van der Waals surface area contributed by atoms with Gasteiger partial charge in [0.15, 0.2) is 5.82 Å². The molecule has 170 valence electrons. The number of benzene rings is 2. The SMILES string of the molecule is Fc1ccc(-c2nn([C@@H]3CCOC[C@@H]3F)cc2-c2ncc3cc(-c4ccccc4)oc3n2)cc1. The lowest BCUT2D eigenvalue weighted by Gasteiger charge is -2.26. The highest BCUT2D eigenvalue weighted by atomic mass is 19.1. The summed E-state index contributed by atoms with van der Waals surface area (Å²) in [6.07, 6.45) is 2.78. The van der Waals surface area contributed by atoms with Gasteiger partial charge in [-0.1, -0.05) is 30.3 Å². The predicted octanol–water partition coefficient (Wildman–Crippen LogP) is 5.86. The van der Waals surface area contributed by atoms with Crippen molar-refractivity contribution in [1.29, 1.82) is 0 Å². The second kappa shape index (κ2) is 8.46. The lowest BCUT2D eigenvalue weighted by molar-refractivity contribution is -0.0000577. The summed E-state index contributed by atoms with van der Waals surface area (Å²) in [6, 6.07) is 17.2. The third-order valence-corrected chi connectivity index (χ3v) is 6.01. The highest BCUT2D eigenvalue weighted by Gasteiger charge is 2.29. The minimum Gasteiger partial charge on any atom is -0.438 e. The predicted molar refractivity (Wildman–Crippen MR) is 123 cm³/mol. The number of halogens is 2. The first-order valence-corrected chi connectivity index (χ1v) is 11.0. The van der Waals surface area contributed by atoms with Gasteiger partial charge in [0.25, 0.3) is 0 Å². The minimum atomic E-state index is -1.18. The maximum absolute atomic E-state index is 14.6. The molecular weight excluding hydrogens is 438 g/mol. The normalized spacial score (nSPS) is 18.4. The topological polar surface area (TPSA) is 66.0 Å². The van der Waals surface area contributed by atoms with E-state index in [1.807, 2.05) is 36.4 Å². The van der Waals surface area contributed by atoms with Crippen molar-refractivity contribution in [3.05, 3.63) is 78.9 Å². The van der Waals surface area contributed by atoms with Crippen LogP contribution in [0.15, 0.2) is 77.5 Å². The molecular formula is C26H20F2N4O2. The third kappa shape index (κ3) is 3.76. The van der Waals surface area contributed by atoms with E-state index in [0.717, 1.165) is 10.9 Å². The zero-order valence-corrected chi connectivity index (χ0v) is 18.1. The molecule has 0 unspecified atom stereocenters. The first kappa shape index (κ1) is 20.7. The zero-order valence-electron chi connectivity index (χ0n) is 18.1. The summed E-state index contributed by atoms with van der Waals surface area (Å²) >= 11 is 0. The van der Waals surface area contributed by atoms with Crippen LogP contribution in [0.3, 0.4) is 0 Å². The molecule has 0 aliphatic carbocycles. The van der Waals surface area contributed by atoms with Gasteiger partial charge in [-0.2, -0.15) is 10.1 Å². The second-order valence-corrected chi connectivity index (χ2v) is 8.26. The van der Waals surface area contributed by atoms with Gasteiger partial charge in [-0.3, -0.25) is 4.68 Å². The van der Waals surface area contributed by atoms with Gasteiger partial charge < -0.3 is 9.15 Å². The van der Waals surface area contributed by atoms with Crippen LogP contribution in [0.25, 0.3) is 45.1 Å². The number of nitrogens with zero attached hydrogens (tertiary/aromatic N) is 4. The highest BCUT2D eigenvalue weighted by molar-refractivity contribution is 5.83. The van der Waals surface area contributed by atoms with Gasteiger partial charge in [0.1, 0.15) is 23.4 Å². The summed E-state index contributed by atoms with van der Waals surface area (Å²) in [5.74, 6) is 0.744. The Hall–Kier alpha value is -3.91. The molecule has 2 atom stereocenters. The fourth-order valence-electron chi connectivity index (χ4n) is 4.24. The van der Waals surface area contributed by atoms with Crippen molar-refractivity contribution >= 4 is 11.1 Å². The number of hydrogen-bond acceptors (Lipinski definition) is 5. The van der Waals surface area contributed by atoms with Gasteiger partial charge in [-0.15, -0.1) is 0 Å². The van der Waals surface area contributed by atoms with Crippen LogP contribution >= 0.6 is 0 Å². The van der Waals surface area contributed by atoms with Crippen LogP contribution in [0.2, 0.25) is 0 Å². The Morgan fingerprint density at radius 3 is 2.62 bits per heavy atom. The maximum atomic E-state index is 14.6. The number of aromatic nitrogens is 4. The molecule has 1 aliphatic rings. The van der Waals surface area contributed by atoms with E-state index in [0.29, 0.717) is 47.1 Å². The smallest absolute Gasteiger partial charge is 0.230 e. The molecule has 1 fully saturated rings. The van der Waals surface area contributed by atoms with Gasteiger partial charge >= 0.3 is 0 Å². The average molecular weight is 458 g/mol. The van der Waals surface area contributed by atoms with Crippen molar-refractivity contribution in [2.45, 2.75) is 18.6 Å². The summed E-state index contributed by atoms with van der Waals surface area (Å²) < 4.78 is 41.1. The van der Waals surface area contributed by atoms with Crippen LogP contribution in [0.5, 0.6) is 0 Å². The van der Waals surface area contributed by atoms with Crippen LogP contribution in [-0.4, -0.2) is 39.1 Å². The van der Waals surface area contributed by atoms with Crippen molar-refractivity contribution in [3.8, 4) is 34.0 Å². The largest absolute Gasteiger partial charge is 0.438 e. The van der Waals surface area contributed by atoms with Crippen LogP contribution in [0, 0.1) is 5.82 Å². The first-order chi connectivity index (χ1) is 16.7. The van der Waals surface area contributed by atoms with E-state index < -0.39 is 12.2 Å². The van der Waals surface area contributed by atoms with Gasteiger partial charge in [-0.25, -0.2) is 13.8 Å². The Labute approximate surface area is 193 Å². The average Bonchev–Trinajstić information content (AvgIpc) is 3.50. The Balaban J connectivity index is 1.46. The van der Waals surface area contributed by atoms with Crippen molar-refractivity contribution in [2.75, 3.05) is 13.2 Å². The molecule has 2 aromatic carbocycles. The molecule has 5 aromatic rings. The fourth-order valence-corrected chi connectivity index (χ4v) is 4.24. The molecule has 1 aliphatic heterocycles. The molecule has 6 rings (SSSR count). The van der Waals surface area contributed by atoms with Crippen molar-refractivity contribution in [3.63, 3.8) is 0 Å². The number of ether oxygens (including phenoxy) is 1. The monoisotopic (exact) mass is 458 g/mol. The van der Waals surface area contributed by atoms with Gasteiger partial charge in [-0.05, 0) is 36.8 Å². The van der Waals surface area contributed by atoms with Gasteiger partial charge in [0, 0.05) is 30.1 Å². The van der Waals surface area contributed by atoms with E-state index in [1.165, 1.54) is 12.1 Å². The van der Waals surface area contributed by atoms with E-state index in [-0.39, 0.29) is 12.4 Å². The number of fused-ring (bicyclic) bond motifs is 1. The number of furan rings is 1. The molecule has 1 saturated heterocycles. The van der Waals surface area contributed by atoms with Crippen molar-refractivity contribution < 1.29 is 17.9 Å². The molecule has 0 spiro atoms.